The highest BCUT2D eigenvalue weighted by atomic mass is 19.1. The van der Waals surface area contributed by atoms with Crippen LogP contribution in [0.3, 0.4) is 0 Å². The van der Waals surface area contributed by atoms with Gasteiger partial charge in [-0.15, -0.1) is 0 Å². The first-order chi connectivity index (χ1) is 10.5. The molecule has 2 N–H and O–H groups in total. The normalized spacial score (nSPS) is 21.4. The Balaban J connectivity index is 1.92. The lowest BCUT2D eigenvalue weighted by molar-refractivity contribution is 0.0709. The minimum atomic E-state index is -0.560. The van der Waals surface area contributed by atoms with Crippen molar-refractivity contribution in [1.82, 2.24) is 9.88 Å². The second-order valence-corrected chi connectivity index (χ2v) is 5.92. The molecule has 0 bridgehead atoms. The molecule has 2 atom stereocenters. The van der Waals surface area contributed by atoms with Crippen molar-refractivity contribution in [3.05, 3.63) is 58.7 Å². The highest BCUT2D eigenvalue weighted by Gasteiger charge is 2.36. The van der Waals surface area contributed by atoms with Gasteiger partial charge < -0.3 is 15.0 Å². The molecule has 1 saturated heterocycles. The first-order valence-electron chi connectivity index (χ1n) is 7.36. The number of carbonyl (C=O) groups is 1. The van der Waals surface area contributed by atoms with Crippen LogP contribution in [0.4, 0.5) is 4.39 Å². The number of amides is 1. The van der Waals surface area contributed by atoms with Crippen molar-refractivity contribution in [3.8, 4) is 0 Å². The van der Waals surface area contributed by atoms with E-state index in [4.69, 9.17) is 0 Å². The van der Waals surface area contributed by atoms with Crippen molar-refractivity contribution in [1.29, 1.82) is 0 Å². The molecule has 0 radical (unpaired) electrons. The molecule has 5 heteroatoms. The predicted molar refractivity (Wildman–Crippen MR) is 81.1 cm³/mol. The Morgan fingerprint density at radius 3 is 2.59 bits per heavy atom. The standard InChI is InChI=1S/C17H19FN2O2/c1-10-7-11(2)19-16(10)17(22)20-9-14(21)8-15(20)12-3-5-13(18)6-4-12/h3-7,14-15,19,21H,8-9H2,1-2H3/t14-,15-/m0/s1. The Kier molecular flexibility index (Phi) is 3.74. The van der Waals surface area contributed by atoms with Crippen LogP contribution in [0, 0.1) is 19.7 Å². The van der Waals surface area contributed by atoms with Gasteiger partial charge in [0, 0.05) is 12.2 Å². The maximum atomic E-state index is 13.1. The van der Waals surface area contributed by atoms with Gasteiger partial charge in [-0.25, -0.2) is 4.39 Å². The number of carbonyl (C=O) groups excluding carboxylic acids is 1. The monoisotopic (exact) mass is 302 g/mol. The fourth-order valence-corrected chi connectivity index (χ4v) is 3.13. The third-order valence-electron chi connectivity index (χ3n) is 4.16. The Morgan fingerprint density at radius 1 is 1.32 bits per heavy atom. The Bertz CT molecular complexity index is 693. The first-order valence-corrected chi connectivity index (χ1v) is 7.36. The average molecular weight is 302 g/mol. The average Bonchev–Trinajstić information content (AvgIpc) is 3.01. The molecule has 1 fully saturated rings. The Morgan fingerprint density at radius 2 is 2.00 bits per heavy atom. The van der Waals surface area contributed by atoms with Gasteiger partial charge in [-0.05, 0) is 49.6 Å². The summed E-state index contributed by atoms with van der Waals surface area (Å²) in [7, 11) is 0. The van der Waals surface area contributed by atoms with Crippen LogP contribution in [0.15, 0.2) is 30.3 Å². The van der Waals surface area contributed by atoms with E-state index in [-0.39, 0.29) is 17.8 Å². The molecule has 1 aliphatic heterocycles. The zero-order valence-corrected chi connectivity index (χ0v) is 12.6. The minimum absolute atomic E-state index is 0.128. The van der Waals surface area contributed by atoms with Gasteiger partial charge in [0.25, 0.3) is 5.91 Å². The van der Waals surface area contributed by atoms with Crippen LogP contribution in [0.1, 0.15) is 39.8 Å². The number of aliphatic hydroxyl groups excluding tert-OH is 1. The number of nitrogens with zero attached hydrogens (tertiary/aromatic N) is 1. The molecule has 116 valence electrons. The topological polar surface area (TPSA) is 56.3 Å². The van der Waals surface area contributed by atoms with E-state index in [1.807, 2.05) is 19.9 Å². The van der Waals surface area contributed by atoms with Crippen molar-refractivity contribution < 1.29 is 14.3 Å². The summed E-state index contributed by atoms with van der Waals surface area (Å²) in [5, 5.41) is 9.98. The third kappa shape index (κ3) is 2.64. The highest BCUT2D eigenvalue weighted by molar-refractivity contribution is 5.94. The van der Waals surface area contributed by atoms with Crippen molar-refractivity contribution >= 4 is 5.91 Å². The van der Waals surface area contributed by atoms with E-state index in [0.29, 0.717) is 18.7 Å². The van der Waals surface area contributed by atoms with E-state index >= 15 is 0 Å². The van der Waals surface area contributed by atoms with Gasteiger partial charge in [0.2, 0.25) is 0 Å². The summed E-state index contributed by atoms with van der Waals surface area (Å²) < 4.78 is 13.1. The second kappa shape index (κ2) is 5.57. The molecule has 1 amide bonds. The zero-order valence-electron chi connectivity index (χ0n) is 12.6. The molecule has 2 aromatic rings. The van der Waals surface area contributed by atoms with E-state index in [0.717, 1.165) is 16.8 Å². The van der Waals surface area contributed by atoms with Crippen molar-refractivity contribution in [2.75, 3.05) is 6.54 Å². The number of likely N-dealkylation sites (tertiary alicyclic amines) is 1. The number of halogens is 1. The Labute approximate surface area is 128 Å². The lowest BCUT2D eigenvalue weighted by atomic mass is 10.0. The van der Waals surface area contributed by atoms with Gasteiger partial charge in [-0.1, -0.05) is 12.1 Å². The second-order valence-electron chi connectivity index (χ2n) is 5.92. The molecule has 0 unspecified atom stereocenters. The van der Waals surface area contributed by atoms with Gasteiger partial charge >= 0.3 is 0 Å². The number of hydrogen-bond donors (Lipinski definition) is 2. The molecule has 1 aromatic heterocycles. The Hall–Kier alpha value is -2.14. The predicted octanol–water partition coefficient (Wildman–Crippen LogP) is 2.72. The van der Waals surface area contributed by atoms with E-state index in [1.165, 1.54) is 12.1 Å². The number of β-amino-alcohol motifs (C(OH)–C–C–N with tert-alkyl or cyclic N) is 1. The van der Waals surface area contributed by atoms with Crippen LogP contribution in [0.25, 0.3) is 0 Å². The largest absolute Gasteiger partial charge is 0.391 e. The number of aliphatic hydroxyl groups is 1. The molecule has 22 heavy (non-hydrogen) atoms. The molecule has 0 spiro atoms. The number of aromatic amines is 1. The minimum Gasteiger partial charge on any atom is -0.391 e. The smallest absolute Gasteiger partial charge is 0.271 e. The van der Waals surface area contributed by atoms with Gasteiger partial charge in [0.15, 0.2) is 0 Å². The van der Waals surface area contributed by atoms with E-state index in [2.05, 4.69) is 4.98 Å². The quantitative estimate of drug-likeness (QED) is 0.896. The molecule has 1 aromatic carbocycles. The molecule has 0 saturated carbocycles. The number of benzene rings is 1. The first kappa shape index (κ1) is 14.8. The van der Waals surface area contributed by atoms with Crippen LogP contribution < -0.4 is 0 Å². The molecule has 0 aliphatic carbocycles. The van der Waals surface area contributed by atoms with Crippen molar-refractivity contribution in [2.24, 2.45) is 0 Å². The van der Waals surface area contributed by atoms with Crippen molar-refractivity contribution in [3.63, 3.8) is 0 Å². The van der Waals surface area contributed by atoms with Gasteiger partial charge in [0.1, 0.15) is 11.5 Å². The summed E-state index contributed by atoms with van der Waals surface area (Å²) in [6.45, 7) is 4.08. The van der Waals surface area contributed by atoms with Crippen LogP contribution in [0.5, 0.6) is 0 Å². The van der Waals surface area contributed by atoms with E-state index in [1.54, 1.807) is 17.0 Å². The summed E-state index contributed by atoms with van der Waals surface area (Å²) in [4.78, 5) is 17.5. The number of rotatable bonds is 2. The molecule has 1 aliphatic rings. The molecule has 3 rings (SSSR count). The highest BCUT2D eigenvalue weighted by Crippen LogP contribution is 2.33. The van der Waals surface area contributed by atoms with E-state index < -0.39 is 6.10 Å². The number of aryl methyl sites for hydroxylation is 2. The molecule has 2 heterocycles. The lowest BCUT2D eigenvalue weighted by Crippen LogP contribution is -2.32. The third-order valence-corrected chi connectivity index (χ3v) is 4.16. The van der Waals surface area contributed by atoms with Gasteiger partial charge in [-0.2, -0.15) is 0 Å². The van der Waals surface area contributed by atoms with Crippen LogP contribution in [0.2, 0.25) is 0 Å². The van der Waals surface area contributed by atoms with Crippen LogP contribution >= 0.6 is 0 Å². The SMILES string of the molecule is Cc1cc(C)c(C(=O)N2C[C@@H](O)C[C@H]2c2ccc(F)cc2)[nH]1. The lowest BCUT2D eigenvalue weighted by Gasteiger charge is -2.24. The molecular weight excluding hydrogens is 283 g/mol. The summed E-state index contributed by atoms with van der Waals surface area (Å²) >= 11 is 0. The fourth-order valence-electron chi connectivity index (χ4n) is 3.13. The van der Waals surface area contributed by atoms with Gasteiger partial charge in [-0.3, -0.25) is 4.79 Å². The fraction of sp³-hybridized carbons (Fsp3) is 0.353. The maximum Gasteiger partial charge on any atom is 0.271 e. The maximum absolute atomic E-state index is 13.1. The van der Waals surface area contributed by atoms with E-state index in [9.17, 15) is 14.3 Å². The zero-order chi connectivity index (χ0) is 15.9. The number of aromatic nitrogens is 1. The van der Waals surface area contributed by atoms with Crippen LogP contribution in [-0.4, -0.2) is 33.5 Å². The summed E-state index contributed by atoms with van der Waals surface area (Å²) in [5.74, 6) is -0.438. The summed E-state index contributed by atoms with van der Waals surface area (Å²) in [6.07, 6.45) is -0.0915. The molecular formula is C17H19FN2O2. The number of hydrogen-bond acceptors (Lipinski definition) is 2. The van der Waals surface area contributed by atoms with Gasteiger partial charge in [0.05, 0.1) is 12.1 Å². The van der Waals surface area contributed by atoms with Crippen molar-refractivity contribution in [2.45, 2.75) is 32.4 Å². The summed E-state index contributed by atoms with van der Waals surface area (Å²) in [6, 6.07) is 7.80. The number of H-pyrrole nitrogens is 1. The van der Waals surface area contributed by atoms with Crippen LogP contribution in [-0.2, 0) is 0 Å². The molecule has 4 nitrogen and oxygen atoms in total. The number of nitrogens with one attached hydrogen (secondary N) is 1. The summed E-state index contributed by atoms with van der Waals surface area (Å²) in [5.41, 5.74) is 3.21.